The highest BCUT2D eigenvalue weighted by molar-refractivity contribution is 6.37. The fraction of sp³-hybridized carbons (Fsp3) is 0.238. The number of hydrazine groups is 1. The minimum Gasteiger partial charge on any atom is -0.288 e. The number of fused-ring (bicyclic) bond motifs is 5. The van der Waals surface area contributed by atoms with Crippen molar-refractivity contribution in [3.05, 3.63) is 75.3 Å². The van der Waals surface area contributed by atoms with Gasteiger partial charge in [-0.15, -0.1) is 0 Å². The Morgan fingerprint density at radius 3 is 2.76 bits per heavy atom. The summed E-state index contributed by atoms with van der Waals surface area (Å²) in [4.78, 5) is 13.6. The number of hydrogen-bond donors (Lipinski definition) is 2. The van der Waals surface area contributed by atoms with Crippen LogP contribution in [-0.4, -0.2) is 16.1 Å². The lowest BCUT2D eigenvalue weighted by Gasteiger charge is -2.25. The maximum atomic E-state index is 14.3. The zero-order valence-corrected chi connectivity index (χ0v) is 16.8. The average Bonchev–Trinajstić information content (AvgIpc) is 3.41. The second kappa shape index (κ2) is 7.04. The van der Waals surface area contributed by atoms with Gasteiger partial charge in [-0.1, -0.05) is 35.3 Å². The quantitative estimate of drug-likeness (QED) is 0.506. The molecular weight excluding hydrogens is 414 g/mol. The third kappa shape index (κ3) is 3.07. The van der Waals surface area contributed by atoms with Crippen LogP contribution in [-0.2, 0) is 0 Å². The number of hydrogen-bond acceptors (Lipinski definition) is 3. The topological polar surface area (TPSA) is 61.0 Å². The molecule has 2 bridgehead atoms. The van der Waals surface area contributed by atoms with E-state index in [9.17, 15) is 9.18 Å². The first-order valence-electron chi connectivity index (χ1n) is 9.41. The molecule has 0 radical (unpaired) electrons. The van der Waals surface area contributed by atoms with Crippen LogP contribution in [0.3, 0.4) is 0 Å². The number of para-hydroxylation sites is 1. The summed E-state index contributed by atoms with van der Waals surface area (Å²) in [6, 6.07) is 10.9. The van der Waals surface area contributed by atoms with E-state index in [4.69, 9.17) is 23.2 Å². The van der Waals surface area contributed by atoms with Crippen molar-refractivity contribution in [3.63, 3.8) is 0 Å². The van der Waals surface area contributed by atoms with E-state index >= 15 is 0 Å². The Morgan fingerprint density at radius 1 is 1.17 bits per heavy atom. The summed E-state index contributed by atoms with van der Waals surface area (Å²) in [5, 5.41) is 9.31. The summed E-state index contributed by atoms with van der Waals surface area (Å²) in [6.07, 6.45) is 3.22. The predicted octanol–water partition coefficient (Wildman–Crippen LogP) is 5.89. The molecule has 0 aliphatic heterocycles. The number of anilines is 2. The normalized spacial score (nSPS) is 19.3. The summed E-state index contributed by atoms with van der Waals surface area (Å²) in [6.45, 7) is 0. The highest BCUT2D eigenvalue weighted by Crippen LogP contribution is 2.53. The van der Waals surface area contributed by atoms with Gasteiger partial charge in [0, 0.05) is 22.2 Å². The van der Waals surface area contributed by atoms with E-state index in [1.165, 1.54) is 11.1 Å². The zero-order valence-electron chi connectivity index (χ0n) is 15.3. The Bertz CT molecular complexity index is 1120. The molecule has 1 amide bonds. The maximum absolute atomic E-state index is 14.3. The van der Waals surface area contributed by atoms with Crippen molar-refractivity contribution in [2.45, 2.75) is 31.1 Å². The maximum Gasteiger partial charge on any atom is 0.297 e. The number of nitrogens with one attached hydrogen (secondary N) is 2. The van der Waals surface area contributed by atoms with E-state index in [0.29, 0.717) is 28.2 Å². The number of aromatic amines is 1. The highest BCUT2D eigenvalue weighted by atomic mass is 35.5. The summed E-state index contributed by atoms with van der Waals surface area (Å²) >= 11 is 12.4. The molecule has 1 saturated carbocycles. The largest absolute Gasteiger partial charge is 0.297 e. The fourth-order valence-electron chi connectivity index (χ4n) is 4.42. The third-order valence-electron chi connectivity index (χ3n) is 5.74. The van der Waals surface area contributed by atoms with E-state index in [2.05, 4.69) is 15.6 Å². The summed E-state index contributed by atoms with van der Waals surface area (Å²) in [7, 11) is 0. The number of nitrogens with zero attached hydrogens (tertiary/aromatic N) is 2. The lowest BCUT2D eigenvalue weighted by atomic mass is 9.95. The Morgan fingerprint density at radius 2 is 1.97 bits per heavy atom. The molecule has 1 heterocycles. The monoisotopic (exact) mass is 430 g/mol. The van der Waals surface area contributed by atoms with Gasteiger partial charge in [0.05, 0.1) is 16.4 Å². The molecular formula is C21H17Cl2FN4O. The first kappa shape index (κ1) is 18.5. The molecule has 29 heavy (non-hydrogen) atoms. The van der Waals surface area contributed by atoms with E-state index in [1.807, 2.05) is 0 Å². The molecule has 148 valence electrons. The van der Waals surface area contributed by atoms with Gasteiger partial charge < -0.3 is 0 Å². The van der Waals surface area contributed by atoms with Gasteiger partial charge in [-0.05, 0) is 55.5 Å². The van der Waals surface area contributed by atoms with Gasteiger partial charge in [-0.3, -0.25) is 15.3 Å². The SMILES string of the molecule is O=C(c1n[nH]c2c1C1CCC2C1)N(Nc1ccccc1F)c1ccc(Cl)cc1Cl. The molecule has 2 aliphatic rings. The number of rotatable bonds is 4. The Kier molecular flexibility index (Phi) is 4.48. The molecule has 8 heteroatoms. The molecule has 3 aromatic rings. The van der Waals surface area contributed by atoms with Gasteiger partial charge in [0.2, 0.25) is 0 Å². The minimum absolute atomic E-state index is 0.153. The summed E-state index contributed by atoms with van der Waals surface area (Å²) in [5.74, 6) is -0.107. The number of carbonyl (C=O) groups is 1. The molecule has 0 spiro atoms. The molecule has 5 rings (SSSR count). The molecule has 0 saturated heterocycles. The van der Waals surface area contributed by atoms with Gasteiger partial charge in [0.15, 0.2) is 5.69 Å². The van der Waals surface area contributed by atoms with Crippen LogP contribution in [0.2, 0.25) is 10.0 Å². The molecule has 1 aromatic heterocycles. The van der Waals surface area contributed by atoms with Crippen molar-refractivity contribution in [1.29, 1.82) is 0 Å². The van der Waals surface area contributed by atoms with E-state index in [1.54, 1.807) is 36.4 Å². The number of halogens is 3. The standard InChI is InChI=1S/C21H17Cl2FN4O/c22-13-7-8-17(14(23)10-13)28(27-16-4-2-1-3-15(16)24)21(29)20-18-11-5-6-12(9-11)19(18)25-26-20/h1-4,7-8,10-12,27H,5-6,9H2,(H,25,26). The van der Waals surface area contributed by atoms with Crippen molar-refractivity contribution >= 4 is 40.5 Å². The number of H-pyrrole nitrogens is 1. The second-order valence-electron chi connectivity index (χ2n) is 7.43. The van der Waals surface area contributed by atoms with Crippen molar-refractivity contribution in [1.82, 2.24) is 10.2 Å². The van der Waals surface area contributed by atoms with E-state index < -0.39 is 11.7 Å². The van der Waals surface area contributed by atoms with E-state index in [-0.39, 0.29) is 10.7 Å². The van der Waals surface area contributed by atoms with Crippen LogP contribution in [0.5, 0.6) is 0 Å². The van der Waals surface area contributed by atoms with Crippen molar-refractivity contribution in [2.24, 2.45) is 0 Å². The lowest BCUT2D eigenvalue weighted by molar-refractivity contribution is 0.0986. The Hall–Kier alpha value is -2.57. The third-order valence-corrected chi connectivity index (χ3v) is 6.28. The molecule has 2 N–H and O–H groups in total. The fourth-order valence-corrected chi connectivity index (χ4v) is 4.91. The predicted molar refractivity (Wildman–Crippen MR) is 111 cm³/mol. The number of benzene rings is 2. The van der Waals surface area contributed by atoms with Crippen LogP contribution in [0.1, 0.15) is 52.8 Å². The number of carbonyl (C=O) groups excluding carboxylic acids is 1. The van der Waals surface area contributed by atoms with Crippen molar-refractivity contribution in [3.8, 4) is 0 Å². The van der Waals surface area contributed by atoms with Crippen LogP contribution >= 0.6 is 23.2 Å². The molecule has 1 fully saturated rings. The first-order valence-corrected chi connectivity index (χ1v) is 10.2. The zero-order chi connectivity index (χ0) is 20.1. The lowest BCUT2D eigenvalue weighted by Crippen LogP contribution is -2.37. The molecule has 2 aromatic carbocycles. The highest BCUT2D eigenvalue weighted by Gasteiger charge is 2.43. The van der Waals surface area contributed by atoms with Crippen LogP contribution in [0, 0.1) is 5.82 Å². The molecule has 5 nitrogen and oxygen atoms in total. The first-order chi connectivity index (χ1) is 14.0. The summed E-state index contributed by atoms with van der Waals surface area (Å²) < 4.78 is 14.3. The van der Waals surface area contributed by atoms with Crippen LogP contribution in [0.4, 0.5) is 15.8 Å². The smallest absolute Gasteiger partial charge is 0.288 e. The van der Waals surface area contributed by atoms with Gasteiger partial charge in [-0.25, -0.2) is 9.40 Å². The van der Waals surface area contributed by atoms with Gasteiger partial charge in [0.1, 0.15) is 5.82 Å². The second-order valence-corrected chi connectivity index (χ2v) is 8.28. The van der Waals surface area contributed by atoms with Crippen molar-refractivity contribution < 1.29 is 9.18 Å². The number of aromatic nitrogens is 2. The van der Waals surface area contributed by atoms with Gasteiger partial charge in [0.25, 0.3) is 5.91 Å². The Balaban J connectivity index is 1.58. The molecule has 2 unspecified atom stereocenters. The van der Waals surface area contributed by atoms with Gasteiger partial charge >= 0.3 is 0 Å². The minimum atomic E-state index is -0.485. The number of amides is 1. The van der Waals surface area contributed by atoms with E-state index in [0.717, 1.165) is 30.5 Å². The average molecular weight is 431 g/mol. The van der Waals surface area contributed by atoms with Crippen molar-refractivity contribution in [2.75, 3.05) is 10.4 Å². The Labute approximate surface area is 176 Å². The summed E-state index contributed by atoms with van der Waals surface area (Å²) in [5.41, 5.74) is 5.78. The molecule has 2 atom stereocenters. The van der Waals surface area contributed by atoms with Crippen LogP contribution < -0.4 is 10.4 Å². The molecule has 2 aliphatic carbocycles. The van der Waals surface area contributed by atoms with Crippen LogP contribution in [0.25, 0.3) is 0 Å². The van der Waals surface area contributed by atoms with Gasteiger partial charge in [-0.2, -0.15) is 5.10 Å². The van der Waals surface area contributed by atoms with Crippen LogP contribution in [0.15, 0.2) is 42.5 Å².